The van der Waals surface area contributed by atoms with Crippen LogP contribution in [0.25, 0.3) is 0 Å². The van der Waals surface area contributed by atoms with Crippen molar-refractivity contribution in [2.75, 3.05) is 6.79 Å². The zero-order chi connectivity index (χ0) is 15.4. The summed E-state index contributed by atoms with van der Waals surface area (Å²) < 4.78 is 15.5. The molecule has 1 aromatic carbocycles. The Bertz CT molecular complexity index is 541. The van der Waals surface area contributed by atoms with Crippen LogP contribution in [-0.2, 0) is 20.9 Å². The van der Waals surface area contributed by atoms with E-state index < -0.39 is 6.10 Å². The molecule has 0 aromatic heterocycles. The highest BCUT2D eigenvalue weighted by molar-refractivity contribution is 5.83. The highest BCUT2D eigenvalue weighted by atomic mass is 16.7. The number of nitrogens with one attached hydrogen (secondary N) is 1. The summed E-state index contributed by atoms with van der Waals surface area (Å²) in [6.07, 6.45) is -0.811. The lowest BCUT2D eigenvalue weighted by Crippen LogP contribution is -2.36. The van der Waals surface area contributed by atoms with Gasteiger partial charge in [0.05, 0.1) is 5.92 Å². The number of benzene rings is 1. The number of fused-ring (bicyclic) bond motifs is 1. The van der Waals surface area contributed by atoms with Crippen LogP contribution in [0.2, 0.25) is 0 Å². The molecule has 1 aromatic rings. The second-order valence-corrected chi connectivity index (χ2v) is 5.14. The SMILES string of the molecule is CC(C)C(=O)O[C@@H](C)C(=O)NCc1ccc2c(c1)OCO2. The van der Waals surface area contributed by atoms with E-state index in [2.05, 4.69) is 5.32 Å². The van der Waals surface area contributed by atoms with E-state index in [9.17, 15) is 9.59 Å². The number of ether oxygens (including phenoxy) is 3. The van der Waals surface area contributed by atoms with E-state index >= 15 is 0 Å². The summed E-state index contributed by atoms with van der Waals surface area (Å²) in [7, 11) is 0. The van der Waals surface area contributed by atoms with Crippen LogP contribution in [0.3, 0.4) is 0 Å². The number of carbonyl (C=O) groups excluding carboxylic acids is 2. The summed E-state index contributed by atoms with van der Waals surface area (Å²) in [5, 5.41) is 2.72. The number of carbonyl (C=O) groups is 2. The summed E-state index contributed by atoms with van der Waals surface area (Å²) in [5.74, 6) is 0.391. The van der Waals surface area contributed by atoms with Crippen LogP contribution in [0.4, 0.5) is 0 Å². The first-order chi connectivity index (χ1) is 9.97. The van der Waals surface area contributed by atoms with E-state index in [1.54, 1.807) is 26.8 Å². The van der Waals surface area contributed by atoms with E-state index in [0.29, 0.717) is 18.0 Å². The van der Waals surface area contributed by atoms with E-state index in [-0.39, 0.29) is 24.6 Å². The summed E-state index contributed by atoms with van der Waals surface area (Å²) >= 11 is 0. The zero-order valence-electron chi connectivity index (χ0n) is 12.3. The maximum atomic E-state index is 11.9. The molecule has 0 aliphatic carbocycles. The Morgan fingerprint density at radius 3 is 2.67 bits per heavy atom. The number of rotatable bonds is 5. The summed E-state index contributed by atoms with van der Waals surface area (Å²) in [5.41, 5.74) is 0.884. The minimum atomic E-state index is -0.811. The third-order valence-electron chi connectivity index (χ3n) is 3.04. The first-order valence-electron chi connectivity index (χ1n) is 6.84. The van der Waals surface area contributed by atoms with Crippen molar-refractivity contribution in [1.29, 1.82) is 0 Å². The highest BCUT2D eigenvalue weighted by Gasteiger charge is 2.19. The molecule has 21 heavy (non-hydrogen) atoms. The molecule has 0 bridgehead atoms. The number of esters is 1. The predicted octanol–water partition coefficient (Wildman–Crippen LogP) is 1.62. The van der Waals surface area contributed by atoms with Gasteiger partial charge < -0.3 is 19.5 Å². The second kappa shape index (κ2) is 6.47. The Morgan fingerprint density at radius 2 is 1.95 bits per heavy atom. The third-order valence-corrected chi connectivity index (χ3v) is 3.04. The molecule has 1 atom stereocenters. The second-order valence-electron chi connectivity index (χ2n) is 5.14. The number of amides is 1. The molecule has 0 saturated carbocycles. The fourth-order valence-electron chi connectivity index (χ4n) is 1.75. The van der Waals surface area contributed by atoms with Crippen molar-refractivity contribution < 1.29 is 23.8 Å². The van der Waals surface area contributed by atoms with Crippen LogP contribution in [0.15, 0.2) is 18.2 Å². The molecule has 2 rings (SSSR count). The summed E-state index contributed by atoms with van der Waals surface area (Å²) in [4.78, 5) is 23.3. The summed E-state index contributed by atoms with van der Waals surface area (Å²) in [6, 6.07) is 5.46. The van der Waals surface area contributed by atoms with Crippen LogP contribution < -0.4 is 14.8 Å². The van der Waals surface area contributed by atoms with Crippen molar-refractivity contribution in [2.24, 2.45) is 5.92 Å². The predicted molar refractivity (Wildman–Crippen MR) is 74.8 cm³/mol. The molecule has 0 fully saturated rings. The van der Waals surface area contributed by atoms with Crippen molar-refractivity contribution in [2.45, 2.75) is 33.4 Å². The van der Waals surface area contributed by atoms with Gasteiger partial charge in [-0.15, -0.1) is 0 Å². The molecule has 6 nitrogen and oxygen atoms in total. The molecule has 0 spiro atoms. The molecule has 0 saturated heterocycles. The van der Waals surface area contributed by atoms with Gasteiger partial charge in [0.2, 0.25) is 6.79 Å². The largest absolute Gasteiger partial charge is 0.454 e. The molecule has 1 amide bonds. The molecular weight excluding hydrogens is 274 g/mol. The molecule has 1 aliphatic rings. The zero-order valence-corrected chi connectivity index (χ0v) is 12.3. The van der Waals surface area contributed by atoms with Gasteiger partial charge in [-0.05, 0) is 24.6 Å². The van der Waals surface area contributed by atoms with E-state index in [4.69, 9.17) is 14.2 Å². The molecule has 6 heteroatoms. The van der Waals surface area contributed by atoms with Crippen LogP contribution >= 0.6 is 0 Å². The number of hydrogen-bond acceptors (Lipinski definition) is 5. The Morgan fingerprint density at radius 1 is 1.24 bits per heavy atom. The highest BCUT2D eigenvalue weighted by Crippen LogP contribution is 2.32. The van der Waals surface area contributed by atoms with Gasteiger partial charge >= 0.3 is 5.97 Å². The Labute approximate surface area is 123 Å². The summed E-state index contributed by atoms with van der Waals surface area (Å²) in [6.45, 7) is 5.54. The average Bonchev–Trinajstić information content (AvgIpc) is 2.91. The van der Waals surface area contributed by atoms with Gasteiger partial charge in [0.1, 0.15) is 0 Å². The van der Waals surface area contributed by atoms with Gasteiger partial charge in [0, 0.05) is 6.54 Å². The molecule has 0 radical (unpaired) electrons. The Hall–Kier alpha value is -2.24. The fraction of sp³-hybridized carbons (Fsp3) is 0.467. The first kappa shape index (κ1) is 15.2. The fourth-order valence-corrected chi connectivity index (χ4v) is 1.75. The smallest absolute Gasteiger partial charge is 0.309 e. The van der Waals surface area contributed by atoms with Gasteiger partial charge in [-0.25, -0.2) is 0 Å². The number of hydrogen-bond donors (Lipinski definition) is 1. The first-order valence-corrected chi connectivity index (χ1v) is 6.84. The average molecular weight is 293 g/mol. The monoisotopic (exact) mass is 293 g/mol. The van der Waals surface area contributed by atoms with Gasteiger partial charge in [0.15, 0.2) is 17.6 Å². The lowest BCUT2D eigenvalue weighted by atomic mass is 10.2. The van der Waals surface area contributed by atoms with Crippen molar-refractivity contribution >= 4 is 11.9 Å². The quantitative estimate of drug-likeness (QED) is 0.835. The Kier molecular flexibility index (Phi) is 4.67. The standard InChI is InChI=1S/C15H19NO5/c1-9(2)15(18)21-10(3)14(17)16-7-11-4-5-12-13(6-11)20-8-19-12/h4-6,9-10H,7-8H2,1-3H3,(H,16,17)/t10-/m0/s1. The van der Waals surface area contributed by atoms with E-state index in [1.807, 2.05) is 12.1 Å². The van der Waals surface area contributed by atoms with Crippen LogP contribution in [0.1, 0.15) is 26.3 Å². The minimum absolute atomic E-state index is 0.216. The van der Waals surface area contributed by atoms with Crippen molar-refractivity contribution in [1.82, 2.24) is 5.32 Å². The van der Waals surface area contributed by atoms with Crippen molar-refractivity contribution in [3.05, 3.63) is 23.8 Å². The minimum Gasteiger partial charge on any atom is -0.454 e. The van der Waals surface area contributed by atoms with Gasteiger partial charge in [0.25, 0.3) is 5.91 Å². The van der Waals surface area contributed by atoms with Crippen molar-refractivity contribution in [3.8, 4) is 11.5 Å². The van der Waals surface area contributed by atoms with Crippen LogP contribution in [0.5, 0.6) is 11.5 Å². The Balaban J connectivity index is 1.85. The molecule has 1 aliphatic heterocycles. The lowest BCUT2D eigenvalue weighted by molar-refractivity contribution is -0.157. The third kappa shape index (κ3) is 3.87. The molecule has 114 valence electrons. The molecular formula is C15H19NO5. The van der Waals surface area contributed by atoms with Crippen LogP contribution in [-0.4, -0.2) is 24.8 Å². The van der Waals surface area contributed by atoms with E-state index in [1.165, 1.54) is 0 Å². The van der Waals surface area contributed by atoms with Gasteiger partial charge in [-0.3, -0.25) is 9.59 Å². The van der Waals surface area contributed by atoms with Crippen molar-refractivity contribution in [3.63, 3.8) is 0 Å². The molecule has 1 N–H and O–H groups in total. The normalized spacial score (nSPS) is 13.9. The van der Waals surface area contributed by atoms with Gasteiger partial charge in [-0.1, -0.05) is 19.9 Å². The maximum absolute atomic E-state index is 11.9. The van der Waals surface area contributed by atoms with Gasteiger partial charge in [-0.2, -0.15) is 0 Å². The maximum Gasteiger partial charge on any atom is 0.309 e. The molecule has 0 unspecified atom stereocenters. The topological polar surface area (TPSA) is 73.9 Å². The lowest BCUT2D eigenvalue weighted by Gasteiger charge is -2.15. The van der Waals surface area contributed by atoms with E-state index in [0.717, 1.165) is 5.56 Å². The van der Waals surface area contributed by atoms with Crippen LogP contribution in [0, 0.1) is 5.92 Å². The molecule has 1 heterocycles.